The van der Waals surface area contributed by atoms with Gasteiger partial charge in [-0.1, -0.05) is 31.5 Å². The molecule has 1 aromatic carbocycles. The molecule has 0 amide bonds. The zero-order valence-electron chi connectivity index (χ0n) is 11.3. The summed E-state index contributed by atoms with van der Waals surface area (Å²) in [6.45, 7) is 2.12. The summed E-state index contributed by atoms with van der Waals surface area (Å²) in [4.78, 5) is 9.00. The third-order valence-electron chi connectivity index (χ3n) is 3.38. The summed E-state index contributed by atoms with van der Waals surface area (Å²) in [7, 11) is 0. The van der Waals surface area contributed by atoms with Crippen LogP contribution >= 0.6 is 15.9 Å². The Labute approximate surface area is 126 Å². The van der Waals surface area contributed by atoms with Gasteiger partial charge in [0, 0.05) is 6.42 Å². The second kappa shape index (κ2) is 5.40. The fraction of sp³-hybridized carbons (Fsp3) is 0.333. The van der Waals surface area contributed by atoms with Gasteiger partial charge in [0.2, 0.25) is 0 Å². The smallest absolute Gasteiger partial charge is 0.172 e. The maximum absolute atomic E-state index is 5.97. The standard InChI is InChI=1S/C15H16BrN3O/c1-2-5-10-13(16)14(17)19-15(18-10)12-8-9-6-3-4-7-11(9)20-12/h3-4,6-7,12H,2,5,8H2,1H3,(H2,17,18,19). The number of nitrogens with zero attached hydrogens (tertiary/aromatic N) is 2. The van der Waals surface area contributed by atoms with Crippen molar-refractivity contribution in [3.8, 4) is 5.75 Å². The minimum Gasteiger partial charge on any atom is -0.482 e. The van der Waals surface area contributed by atoms with Crippen molar-refractivity contribution in [1.82, 2.24) is 9.97 Å². The van der Waals surface area contributed by atoms with Crippen LogP contribution in [-0.2, 0) is 12.8 Å². The predicted octanol–water partition coefficient (Wildman–Crippen LogP) is 3.45. The van der Waals surface area contributed by atoms with E-state index in [1.54, 1.807) is 0 Å². The molecular weight excluding hydrogens is 318 g/mol. The number of rotatable bonds is 3. The van der Waals surface area contributed by atoms with Crippen LogP contribution in [0.1, 0.15) is 36.5 Å². The van der Waals surface area contributed by atoms with Gasteiger partial charge in [-0.2, -0.15) is 0 Å². The molecule has 0 fully saturated rings. The molecule has 0 saturated heterocycles. The zero-order valence-corrected chi connectivity index (χ0v) is 12.9. The van der Waals surface area contributed by atoms with Crippen LogP contribution in [0.3, 0.4) is 0 Å². The van der Waals surface area contributed by atoms with Gasteiger partial charge in [0.15, 0.2) is 11.9 Å². The van der Waals surface area contributed by atoms with E-state index in [1.807, 2.05) is 18.2 Å². The number of fused-ring (bicyclic) bond motifs is 1. The zero-order chi connectivity index (χ0) is 14.1. The molecule has 1 aliphatic rings. The van der Waals surface area contributed by atoms with Crippen LogP contribution in [0.4, 0.5) is 5.82 Å². The van der Waals surface area contributed by atoms with Crippen LogP contribution in [0.15, 0.2) is 28.7 Å². The van der Waals surface area contributed by atoms with Gasteiger partial charge in [0.1, 0.15) is 11.6 Å². The summed E-state index contributed by atoms with van der Waals surface area (Å²) in [6.07, 6.45) is 2.54. The molecule has 2 heterocycles. The number of hydrogen-bond donors (Lipinski definition) is 1. The first-order chi connectivity index (χ1) is 9.69. The molecule has 104 valence electrons. The van der Waals surface area contributed by atoms with Gasteiger partial charge in [-0.15, -0.1) is 0 Å². The number of benzene rings is 1. The summed E-state index contributed by atoms with van der Waals surface area (Å²) in [6, 6.07) is 8.04. The Kier molecular flexibility index (Phi) is 3.61. The van der Waals surface area contributed by atoms with Crippen molar-refractivity contribution in [2.75, 3.05) is 5.73 Å². The number of hydrogen-bond acceptors (Lipinski definition) is 4. The van der Waals surface area contributed by atoms with Crippen molar-refractivity contribution in [3.05, 3.63) is 45.8 Å². The van der Waals surface area contributed by atoms with Gasteiger partial charge in [-0.25, -0.2) is 9.97 Å². The van der Waals surface area contributed by atoms with Gasteiger partial charge in [-0.3, -0.25) is 0 Å². The lowest BCUT2D eigenvalue weighted by Crippen LogP contribution is -2.12. The van der Waals surface area contributed by atoms with Crippen LogP contribution in [-0.4, -0.2) is 9.97 Å². The predicted molar refractivity (Wildman–Crippen MR) is 81.7 cm³/mol. The van der Waals surface area contributed by atoms with Crippen LogP contribution in [0.5, 0.6) is 5.75 Å². The highest BCUT2D eigenvalue weighted by atomic mass is 79.9. The lowest BCUT2D eigenvalue weighted by molar-refractivity contribution is 0.227. The summed E-state index contributed by atoms with van der Waals surface area (Å²) in [5.41, 5.74) is 8.12. The molecule has 4 nitrogen and oxygen atoms in total. The van der Waals surface area contributed by atoms with Gasteiger partial charge in [0.05, 0.1) is 10.2 Å². The molecule has 1 unspecified atom stereocenters. The first-order valence-electron chi connectivity index (χ1n) is 6.75. The Morgan fingerprint density at radius 3 is 2.90 bits per heavy atom. The van der Waals surface area contributed by atoms with Crippen molar-refractivity contribution >= 4 is 21.7 Å². The molecule has 2 N–H and O–H groups in total. The third kappa shape index (κ3) is 2.38. The lowest BCUT2D eigenvalue weighted by atomic mass is 10.1. The molecule has 3 rings (SSSR count). The van der Waals surface area contributed by atoms with Crippen molar-refractivity contribution < 1.29 is 4.74 Å². The average Bonchev–Trinajstić information content (AvgIpc) is 2.87. The second-order valence-corrected chi connectivity index (χ2v) is 5.69. The normalized spacial score (nSPS) is 16.8. The molecular formula is C15H16BrN3O. The van der Waals surface area contributed by atoms with Crippen LogP contribution < -0.4 is 10.5 Å². The van der Waals surface area contributed by atoms with E-state index in [-0.39, 0.29) is 6.10 Å². The van der Waals surface area contributed by atoms with E-state index in [0.29, 0.717) is 11.6 Å². The van der Waals surface area contributed by atoms with Crippen molar-refractivity contribution in [2.45, 2.75) is 32.3 Å². The Bertz CT molecular complexity index is 620. The van der Waals surface area contributed by atoms with Crippen LogP contribution in [0.25, 0.3) is 0 Å². The average molecular weight is 334 g/mol. The molecule has 2 aromatic rings. The summed E-state index contributed by atoms with van der Waals surface area (Å²) < 4.78 is 6.73. The highest BCUT2D eigenvalue weighted by Gasteiger charge is 2.27. The summed E-state index contributed by atoms with van der Waals surface area (Å²) in [5.74, 6) is 2.07. The van der Waals surface area contributed by atoms with E-state index in [2.05, 4.69) is 38.9 Å². The maximum atomic E-state index is 5.97. The summed E-state index contributed by atoms with van der Waals surface area (Å²) >= 11 is 3.46. The largest absolute Gasteiger partial charge is 0.482 e. The third-order valence-corrected chi connectivity index (χ3v) is 4.25. The second-order valence-electron chi connectivity index (χ2n) is 4.90. The highest BCUT2D eigenvalue weighted by molar-refractivity contribution is 9.10. The van der Waals surface area contributed by atoms with E-state index >= 15 is 0 Å². The fourth-order valence-corrected chi connectivity index (χ4v) is 2.78. The van der Waals surface area contributed by atoms with Gasteiger partial charge in [0.25, 0.3) is 0 Å². The number of halogens is 1. The highest BCUT2D eigenvalue weighted by Crippen LogP contribution is 2.36. The molecule has 20 heavy (non-hydrogen) atoms. The van der Waals surface area contributed by atoms with Crippen molar-refractivity contribution in [2.24, 2.45) is 0 Å². The maximum Gasteiger partial charge on any atom is 0.172 e. The molecule has 0 saturated carbocycles. The van der Waals surface area contributed by atoms with Crippen molar-refractivity contribution in [3.63, 3.8) is 0 Å². The van der Waals surface area contributed by atoms with E-state index in [0.717, 1.165) is 35.2 Å². The van der Waals surface area contributed by atoms with Gasteiger partial charge >= 0.3 is 0 Å². The molecule has 0 bridgehead atoms. The molecule has 1 aromatic heterocycles. The number of para-hydroxylation sites is 1. The number of aryl methyl sites for hydroxylation is 1. The van der Waals surface area contributed by atoms with E-state index in [9.17, 15) is 0 Å². The number of nitrogen functional groups attached to an aromatic ring is 1. The Morgan fingerprint density at radius 2 is 2.15 bits per heavy atom. The minimum atomic E-state index is -0.140. The van der Waals surface area contributed by atoms with Gasteiger partial charge < -0.3 is 10.5 Å². The minimum absolute atomic E-state index is 0.140. The lowest BCUT2D eigenvalue weighted by Gasteiger charge is -2.13. The Balaban J connectivity index is 1.93. The fourth-order valence-electron chi connectivity index (χ4n) is 2.41. The molecule has 0 radical (unpaired) electrons. The number of nitrogens with two attached hydrogens (primary N) is 1. The monoisotopic (exact) mass is 333 g/mol. The van der Waals surface area contributed by atoms with E-state index < -0.39 is 0 Å². The first-order valence-corrected chi connectivity index (χ1v) is 7.54. The van der Waals surface area contributed by atoms with E-state index in [4.69, 9.17) is 10.5 Å². The molecule has 0 aliphatic carbocycles. The van der Waals surface area contributed by atoms with Crippen LogP contribution in [0, 0.1) is 0 Å². The van der Waals surface area contributed by atoms with Crippen molar-refractivity contribution in [1.29, 1.82) is 0 Å². The summed E-state index contributed by atoms with van der Waals surface area (Å²) in [5, 5.41) is 0. The van der Waals surface area contributed by atoms with Crippen LogP contribution in [0.2, 0.25) is 0 Å². The SMILES string of the molecule is CCCc1nc(C2Cc3ccccc3O2)nc(N)c1Br. The molecule has 1 aliphatic heterocycles. The number of ether oxygens (including phenoxy) is 1. The van der Waals surface area contributed by atoms with Gasteiger partial charge in [-0.05, 0) is 34.0 Å². The quantitative estimate of drug-likeness (QED) is 0.934. The molecule has 1 atom stereocenters. The number of anilines is 1. The Hall–Kier alpha value is -1.62. The van der Waals surface area contributed by atoms with E-state index in [1.165, 1.54) is 5.56 Å². The molecule has 5 heteroatoms. The Morgan fingerprint density at radius 1 is 1.35 bits per heavy atom. The topological polar surface area (TPSA) is 61.0 Å². The first kappa shape index (κ1) is 13.4. The molecule has 0 spiro atoms. The number of aromatic nitrogens is 2.